The molecule has 18 heavy (non-hydrogen) atoms. The molecule has 1 saturated heterocycles. The molecule has 0 spiro atoms. The van der Waals surface area contributed by atoms with Gasteiger partial charge < -0.3 is 15.5 Å². The monoisotopic (exact) mass is 245 g/mol. The first-order chi connectivity index (χ1) is 8.83. The van der Waals surface area contributed by atoms with Crippen LogP contribution in [0.5, 0.6) is 0 Å². The van der Waals surface area contributed by atoms with Gasteiger partial charge in [0.25, 0.3) is 0 Å². The Kier molecular flexibility index (Phi) is 3.09. The van der Waals surface area contributed by atoms with Crippen LogP contribution >= 0.6 is 0 Å². The number of carbonyl (C=O) groups is 1. The average Bonchev–Trinajstić information content (AvgIpc) is 2.87. The zero-order valence-corrected chi connectivity index (χ0v) is 10.5. The molecule has 0 aliphatic carbocycles. The first-order valence-corrected chi connectivity index (χ1v) is 6.76. The van der Waals surface area contributed by atoms with Crippen LogP contribution in [0, 0.1) is 0 Å². The number of nitrogens with one attached hydrogen (secondary N) is 2. The minimum Gasteiger partial charge on any atom is -0.384 e. The summed E-state index contributed by atoms with van der Waals surface area (Å²) in [7, 11) is 0. The molecule has 1 aromatic rings. The van der Waals surface area contributed by atoms with E-state index < -0.39 is 0 Å². The molecule has 2 heterocycles. The Labute approximate surface area is 107 Å². The molecule has 0 bridgehead atoms. The van der Waals surface area contributed by atoms with Crippen molar-refractivity contribution in [2.75, 3.05) is 30.3 Å². The van der Waals surface area contributed by atoms with E-state index in [4.69, 9.17) is 0 Å². The molecule has 2 aliphatic rings. The second kappa shape index (κ2) is 4.88. The summed E-state index contributed by atoms with van der Waals surface area (Å²) in [5, 5.41) is 6.32. The molecule has 0 unspecified atom stereocenters. The highest BCUT2D eigenvalue weighted by atomic mass is 16.2. The SMILES string of the molecule is O=C(Nc1ccc2c(c1)CCN2)N1CCCCC1. The second-order valence-corrected chi connectivity index (χ2v) is 5.03. The number of nitrogens with zero attached hydrogens (tertiary/aromatic N) is 1. The van der Waals surface area contributed by atoms with E-state index in [1.807, 2.05) is 17.0 Å². The van der Waals surface area contributed by atoms with Crippen molar-refractivity contribution < 1.29 is 4.79 Å². The molecule has 0 aromatic heterocycles. The summed E-state index contributed by atoms with van der Waals surface area (Å²) in [6.07, 6.45) is 4.54. The summed E-state index contributed by atoms with van der Waals surface area (Å²) in [4.78, 5) is 14.0. The fourth-order valence-corrected chi connectivity index (χ4v) is 2.68. The number of fused-ring (bicyclic) bond motifs is 1. The molecule has 4 heteroatoms. The lowest BCUT2D eigenvalue weighted by Crippen LogP contribution is -2.38. The van der Waals surface area contributed by atoms with Gasteiger partial charge in [-0.15, -0.1) is 0 Å². The van der Waals surface area contributed by atoms with Gasteiger partial charge in [0.1, 0.15) is 0 Å². The quantitative estimate of drug-likeness (QED) is 0.799. The molecule has 2 amide bonds. The second-order valence-electron chi connectivity index (χ2n) is 5.03. The summed E-state index contributed by atoms with van der Waals surface area (Å²) in [5.41, 5.74) is 3.41. The van der Waals surface area contributed by atoms with Crippen LogP contribution in [0.1, 0.15) is 24.8 Å². The summed E-state index contributed by atoms with van der Waals surface area (Å²) in [5.74, 6) is 0. The molecule has 0 saturated carbocycles. The third kappa shape index (κ3) is 2.28. The van der Waals surface area contributed by atoms with Gasteiger partial charge >= 0.3 is 6.03 Å². The largest absolute Gasteiger partial charge is 0.384 e. The number of piperidine rings is 1. The summed E-state index contributed by atoms with van der Waals surface area (Å²) < 4.78 is 0. The fourth-order valence-electron chi connectivity index (χ4n) is 2.68. The number of likely N-dealkylation sites (tertiary alicyclic amines) is 1. The highest BCUT2D eigenvalue weighted by molar-refractivity contribution is 5.90. The summed E-state index contributed by atoms with van der Waals surface area (Å²) in [6.45, 7) is 2.77. The van der Waals surface area contributed by atoms with E-state index in [2.05, 4.69) is 16.7 Å². The number of amides is 2. The van der Waals surface area contributed by atoms with Crippen molar-refractivity contribution in [3.8, 4) is 0 Å². The van der Waals surface area contributed by atoms with E-state index in [0.29, 0.717) is 0 Å². The zero-order chi connectivity index (χ0) is 12.4. The maximum Gasteiger partial charge on any atom is 0.321 e. The van der Waals surface area contributed by atoms with Gasteiger partial charge in [0.2, 0.25) is 0 Å². The van der Waals surface area contributed by atoms with Crippen LogP contribution in [0.25, 0.3) is 0 Å². The molecule has 96 valence electrons. The number of urea groups is 1. The molecular weight excluding hydrogens is 226 g/mol. The van der Waals surface area contributed by atoms with E-state index in [-0.39, 0.29) is 6.03 Å². The Bertz CT molecular complexity index is 452. The van der Waals surface area contributed by atoms with Crippen LogP contribution in [0.4, 0.5) is 16.2 Å². The van der Waals surface area contributed by atoms with Crippen LogP contribution in [-0.4, -0.2) is 30.6 Å². The predicted molar refractivity (Wildman–Crippen MR) is 73.1 cm³/mol. The summed E-state index contributed by atoms with van der Waals surface area (Å²) >= 11 is 0. The van der Waals surface area contributed by atoms with E-state index >= 15 is 0 Å². The van der Waals surface area contributed by atoms with Crippen molar-refractivity contribution in [3.05, 3.63) is 23.8 Å². The number of carbonyl (C=O) groups excluding carboxylic acids is 1. The Morgan fingerprint density at radius 3 is 2.89 bits per heavy atom. The van der Waals surface area contributed by atoms with Crippen molar-refractivity contribution in [2.24, 2.45) is 0 Å². The molecule has 0 atom stereocenters. The Morgan fingerprint density at radius 1 is 1.22 bits per heavy atom. The van der Waals surface area contributed by atoms with Crippen molar-refractivity contribution in [1.82, 2.24) is 4.90 Å². The van der Waals surface area contributed by atoms with Crippen LogP contribution in [0.15, 0.2) is 18.2 Å². The Balaban J connectivity index is 1.66. The van der Waals surface area contributed by atoms with Gasteiger partial charge in [0.15, 0.2) is 0 Å². The summed E-state index contributed by atoms with van der Waals surface area (Å²) in [6, 6.07) is 6.14. The maximum atomic E-state index is 12.1. The third-order valence-electron chi connectivity index (χ3n) is 3.71. The van der Waals surface area contributed by atoms with E-state index in [9.17, 15) is 4.79 Å². The standard InChI is InChI=1S/C14H19N3O/c18-14(17-8-2-1-3-9-17)16-12-4-5-13-11(10-12)6-7-15-13/h4-5,10,15H,1-3,6-9H2,(H,16,18). The van der Waals surface area contributed by atoms with Crippen LogP contribution in [-0.2, 0) is 6.42 Å². The lowest BCUT2D eigenvalue weighted by Gasteiger charge is -2.26. The minimum absolute atomic E-state index is 0.0422. The van der Waals surface area contributed by atoms with Crippen molar-refractivity contribution in [1.29, 1.82) is 0 Å². The number of anilines is 2. The highest BCUT2D eigenvalue weighted by Crippen LogP contribution is 2.25. The maximum absolute atomic E-state index is 12.1. The average molecular weight is 245 g/mol. The van der Waals surface area contributed by atoms with Crippen LogP contribution in [0.2, 0.25) is 0 Å². The number of benzene rings is 1. The van der Waals surface area contributed by atoms with E-state index in [1.54, 1.807) is 0 Å². The molecule has 4 nitrogen and oxygen atoms in total. The van der Waals surface area contributed by atoms with E-state index in [0.717, 1.165) is 44.6 Å². The molecule has 3 rings (SSSR count). The van der Waals surface area contributed by atoms with E-state index in [1.165, 1.54) is 17.7 Å². The first kappa shape index (κ1) is 11.4. The van der Waals surface area contributed by atoms with Crippen LogP contribution < -0.4 is 10.6 Å². The van der Waals surface area contributed by atoms with Gasteiger partial charge in [-0.1, -0.05) is 0 Å². The van der Waals surface area contributed by atoms with Crippen molar-refractivity contribution in [2.45, 2.75) is 25.7 Å². The molecule has 2 N–H and O–H groups in total. The number of rotatable bonds is 1. The van der Waals surface area contributed by atoms with Gasteiger partial charge in [-0.3, -0.25) is 0 Å². The van der Waals surface area contributed by atoms with Gasteiger partial charge in [-0.25, -0.2) is 4.79 Å². The van der Waals surface area contributed by atoms with Gasteiger partial charge in [0.05, 0.1) is 0 Å². The highest BCUT2D eigenvalue weighted by Gasteiger charge is 2.17. The van der Waals surface area contributed by atoms with Crippen molar-refractivity contribution in [3.63, 3.8) is 0 Å². The van der Waals surface area contributed by atoms with Crippen molar-refractivity contribution >= 4 is 17.4 Å². The molecule has 2 aliphatic heterocycles. The number of hydrogen-bond donors (Lipinski definition) is 2. The Hall–Kier alpha value is -1.71. The smallest absolute Gasteiger partial charge is 0.321 e. The fraction of sp³-hybridized carbons (Fsp3) is 0.500. The van der Waals surface area contributed by atoms with Crippen LogP contribution in [0.3, 0.4) is 0 Å². The lowest BCUT2D eigenvalue weighted by molar-refractivity contribution is 0.200. The Morgan fingerprint density at radius 2 is 2.06 bits per heavy atom. The topological polar surface area (TPSA) is 44.4 Å². The van der Waals surface area contributed by atoms with Gasteiger partial charge in [-0.2, -0.15) is 0 Å². The van der Waals surface area contributed by atoms with Gasteiger partial charge in [0, 0.05) is 31.0 Å². The molecule has 0 radical (unpaired) electrons. The molecule has 1 aromatic carbocycles. The first-order valence-electron chi connectivity index (χ1n) is 6.76. The predicted octanol–water partition coefficient (Wildman–Crippen LogP) is 2.67. The number of hydrogen-bond acceptors (Lipinski definition) is 2. The van der Waals surface area contributed by atoms with Gasteiger partial charge in [-0.05, 0) is 49.4 Å². The zero-order valence-electron chi connectivity index (χ0n) is 10.5. The third-order valence-corrected chi connectivity index (χ3v) is 3.71. The lowest BCUT2D eigenvalue weighted by atomic mass is 10.1. The molecular formula is C14H19N3O. The molecule has 1 fully saturated rings. The normalized spacial score (nSPS) is 18.1. The minimum atomic E-state index is 0.0422.